The van der Waals surface area contributed by atoms with Gasteiger partial charge >= 0.3 is 0 Å². The summed E-state index contributed by atoms with van der Waals surface area (Å²) >= 11 is 0. The van der Waals surface area contributed by atoms with Gasteiger partial charge < -0.3 is 15.0 Å². The van der Waals surface area contributed by atoms with E-state index in [1.807, 2.05) is 31.2 Å². The summed E-state index contributed by atoms with van der Waals surface area (Å²) in [7, 11) is 1.63. The number of hydrogen-bond acceptors (Lipinski definition) is 3. The molecule has 2 aromatic rings. The molecule has 1 atom stereocenters. The second-order valence-corrected chi connectivity index (χ2v) is 10.4. The van der Waals surface area contributed by atoms with Gasteiger partial charge in [-0.3, -0.25) is 9.59 Å². The Morgan fingerprint density at radius 3 is 2.06 bits per heavy atom. The van der Waals surface area contributed by atoms with Crippen molar-refractivity contribution in [1.29, 1.82) is 0 Å². The Morgan fingerprint density at radius 2 is 1.56 bits per heavy atom. The summed E-state index contributed by atoms with van der Waals surface area (Å²) in [4.78, 5) is 28.2. The number of ether oxygens (including phenoxy) is 1. The van der Waals surface area contributed by atoms with Crippen LogP contribution in [0.4, 0.5) is 0 Å². The first-order chi connectivity index (χ1) is 16.0. The Morgan fingerprint density at radius 1 is 0.971 bits per heavy atom. The van der Waals surface area contributed by atoms with Crippen molar-refractivity contribution in [3.05, 3.63) is 65.2 Å². The van der Waals surface area contributed by atoms with Crippen molar-refractivity contribution in [3.63, 3.8) is 0 Å². The van der Waals surface area contributed by atoms with E-state index in [4.69, 9.17) is 4.74 Å². The van der Waals surface area contributed by atoms with Gasteiger partial charge in [-0.05, 0) is 53.0 Å². The van der Waals surface area contributed by atoms with E-state index < -0.39 is 6.04 Å². The van der Waals surface area contributed by atoms with Gasteiger partial charge in [-0.15, -0.1) is 0 Å². The minimum absolute atomic E-state index is 0.0118. The van der Waals surface area contributed by atoms with Crippen LogP contribution in [-0.2, 0) is 28.0 Å². The number of rotatable bonds is 11. The number of nitrogens with one attached hydrogen (secondary N) is 1. The first-order valence-electron chi connectivity index (χ1n) is 12.3. The number of nitrogens with zero attached hydrogens (tertiary/aromatic N) is 1. The number of methoxy groups -OCH3 is 1. The van der Waals surface area contributed by atoms with Gasteiger partial charge in [-0.25, -0.2) is 0 Å². The van der Waals surface area contributed by atoms with E-state index in [1.54, 1.807) is 12.0 Å². The van der Waals surface area contributed by atoms with Gasteiger partial charge in [0.1, 0.15) is 11.8 Å². The lowest BCUT2D eigenvalue weighted by Crippen LogP contribution is -2.49. The normalized spacial score (nSPS) is 12.4. The minimum Gasteiger partial charge on any atom is -0.497 e. The van der Waals surface area contributed by atoms with Gasteiger partial charge in [0.15, 0.2) is 0 Å². The maximum absolute atomic E-state index is 13.4. The SMILES string of the molecule is CC[C@H](C(=O)NCC(C)C)N(Cc1ccc(OC)cc1)C(=O)CCc1ccc(C(C)(C)C)cc1. The summed E-state index contributed by atoms with van der Waals surface area (Å²) in [5.74, 6) is 1.01. The summed E-state index contributed by atoms with van der Waals surface area (Å²) in [5, 5.41) is 3.01. The van der Waals surface area contributed by atoms with Gasteiger partial charge in [-0.1, -0.05) is 77.9 Å². The van der Waals surface area contributed by atoms with E-state index >= 15 is 0 Å². The van der Waals surface area contributed by atoms with Crippen LogP contribution >= 0.6 is 0 Å². The Kier molecular flexibility index (Phi) is 10.2. The maximum Gasteiger partial charge on any atom is 0.242 e. The van der Waals surface area contributed by atoms with Crippen LogP contribution in [0.5, 0.6) is 5.75 Å². The Balaban J connectivity index is 2.18. The average molecular weight is 467 g/mol. The van der Waals surface area contributed by atoms with E-state index in [2.05, 4.69) is 64.2 Å². The molecule has 0 fully saturated rings. The first-order valence-corrected chi connectivity index (χ1v) is 12.3. The topological polar surface area (TPSA) is 58.6 Å². The molecule has 0 aromatic heterocycles. The molecule has 5 heteroatoms. The zero-order valence-electron chi connectivity index (χ0n) is 22.0. The van der Waals surface area contributed by atoms with E-state index in [1.165, 1.54) is 5.56 Å². The summed E-state index contributed by atoms with van der Waals surface area (Å²) in [6.07, 6.45) is 1.57. The molecule has 2 aromatic carbocycles. The smallest absolute Gasteiger partial charge is 0.242 e. The fourth-order valence-corrected chi connectivity index (χ4v) is 3.84. The zero-order valence-corrected chi connectivity index (χ0v) is 22.0. The number of benzene rings is 2. The number of carbonyl (C=O) groups excluding carboxylic acids is 2. The van der Waals surface area contributed by atoms with Crippen molar-refractivity contribution in [2.24, 2.45) is 5.92 Å². The molecule has 34 heavy (non-hydrogen) atoms. The largest absolute Gasteiger partial charge is 0.497 e. The van der Waals surface area contributed by atoms with Gasteiger partial charge in [0.25, 0.3) is 0 Å². The fraction of sp³-hybridized carbons (Fsp3) is 0.517. The number of amides is 2. The highest BCUT2D eigenvalue weighted by molar-refractivity contribution is 5.87. The second kappa shape index (κ2) is 12.6. The fourth-order valence-electron chi connectivity index (χ4n) is 3.84. The number of carbonyl (C=O) groups is 2. The molecule has 2 amide bonds. The maximum atomic E-state index is 13.4. The molecule has 0 saturated heterocycles. The molecule has 0 bridgehead atoms. The number of hydrogen-bond donors (Lipinski definition) is 1. The average Bonchev–Trinajstić information content (AvgIpc) is 2.81. The quantitative estimate of drug-likeness (QED) is 0.475. The van der Waals surface area contributed by atoms with Gasteiger partial charge in [0.2, 0.25) is 11.8 Å². The highest BCUT2D eigenvalue weighted by Crippen LogP contribution is 2.23. The Labute approximate surface area is 205 Å². The molecule has 0 aliphatic heterocycles. The summed E-state index contributed by atoms with van der Waals surface area (Å²) in [6, 6.07) is 15.7. The highest BCUT2D eigenvalue weighted by atomic mass is 16.5. The minimum atomic E-state index is -0.503. The third kappa shape index (κ3) is 8.19. The third-order valence-electron chi connectivity index (χ3n) is 6.03. The predicted molar refractivity (Wildman–Crippen MR) is 139 cm³/mol. The molecule has 5 nitrogen and oxygen atoms in total. The van der Waals surface area contributed by atoms with Crippen LogP contribution in [-0.4, -0.2) is 36.4 Å². The number of aryl methyl sites for hydroxylation is 1. The lowest BCUT2D eigenvalue weighted by atomic mass is 9.86. The van der Waals surface area contributed by atoms with Crippen molar-refractivity contribution in [1.82, 2.24) is 10.2 Å². The van der Waals surface area contributed by atoms with Crippen molar-refractivity contribution >= 4 is 11.8 Å². The summed E-state index contributed by atoms with van der Waals surface area (Å²) in [6.45, 7) is 13.6. The molecule has 2 rings (SSSR count). The van der Waals surface area contributed by atoms with Crippen molar-refractivity contribution in [2.45, 2.75) is 78.8 Å². The van der Waals surface area contributed by atoms with Crippen LogP contribution in [0.3, 0.4) is 0 Å². The zero-order chi connectivity index (χ0) is 25.3. The molecule has 0 unspecified atom stereocenters. The van der Waals surface area contributed by atoms with Gasteiger partial charge in [0.05, 0.1) is 7.11 Å². The molecule has 1 N–H and O–H groups in total. The first kappa shape index (κ1) is 27.4. The van der Waals surface area contributed by atoms with E-state index in [0.29, 0.717) is 38.3 Å². The van der Waals surface area contributed by atoms with E-state index in [9.17, 15) is 9.59 Å². The molecule has 0 aliphatic carbocycles. The molecule has 0 radical (unpaired) electrons. The Bertz CT molecular complexity index is 912. The van der Waals surface area contributed by atoms with Crippen molar-refractivity contribution in [2.75, 3.05) is 13.7 Å². The molecular weight excluding hydrogens is 424 g/mol. The monoisotopic (exact) mass is 466 g/mol. The summed E-state index contributed by atoms with van der Waals surface area (Å²) < 4.78 is 5.25. The highest BCUT2D eigenvalue weighted by Gasteiger charge is 2.28. The predicted octanol–water partition coefficient (Wildman–Crippen LogP) is 5.50. The molecule has 0 saturated carbocycles. The molecule has 0 spiro atoms. The van der Waals surface area contributed by atoms with Crippen LogP contribution in [0.25, 0.3) is 0 Å². The van der Waals surface area contributed by atoms with E-state index in [0.717, 1.165) is 16.9 Å². The molecule has 0 heterocycles. The molecule has 0 aliphatic rings. The van der Waals surface area contributed by atoms with Crippen molar-refractivity contribution < 1.29 is 14.3 Å². The van der Waals surface area contributed by atoms with Crippen LogP contribution < -0.4 is 10.1 Å². The lowest BCUT2D eigenvalue weighted by Gasteiger charge is -2.31. The molecule has 186 valence electrons. The third-order valence-corrected chi connectivity index (χ3v) is 6.03. The van der Waals surface area contributed by atoms with Crippen LogP contribution in [0, 0.1) is 5.92 Å². The Hall–Kier alpha value is -2.82. The van der Waals surface area contributed by atoms with Crippen LogP contribution in [0.1, 0.15) is 71.1 Å². The molecular formula is C29H42N2O3. The van der Waals surface area contributed by atoms with Crippen LogP contribution in [0.2, 0.25) is 0 Å². The summed E-state index contributed by atoms with van der Waals surface area (Å²) in [5.41, 5.74) is 3.47. The lowest BCUT2D eigenvalue weighted by molar-refractivity contribution is -0.141. The van der Waals surface area contributed by atoms with E-state index in [-0.39, 0.29) is 17.2 Å². The van der Waals surface area contributed by atoms with Crippen LogP contribution in [0.15, 0.2) is 48.5 Å². The van der Waals surface area contributed by atoms with Gasteiger partial charge in [0, 0.05) is 19.5 Å². The van der Waals surface area contributed by atoms with Crippen molar-refractivity contribution in [3.8, 4) is 5.75 Å². The standard InChI is InChI=1S/C29H42N2O3/c1-8-26(28(33)30-19-21(2)3)31(20-23-11-16-25(34-7)17-12-23)27(32)18-13-22-9-14-24(15-10-22)29(4,5)6/h9-12,14-17,21,26H,8,13,18-20H2,1-7H3,(H,30,33)/t26-/m1/s1. The second-order valence-electron chi connectivity index (χ2n) is 10.4. The van der Waals surface area contributed by atoms with Gasteiger partial charge in [-0.2, -0.15) is 0 Å².